The Morgan fingerprint density at radius 1 is 1.62 bits per heavy atom. The normalized spacial score (nSPS) is 25.8. The zero-order valence-electron chi connectivity index (χ0n) is 8.81. The highest BCUT2D eigenvalue weighted by Gasteiger charge is 2.13. The number of hydrogen-bond acceptors (Lipinski definition) is 3. The van der Waals surface area contributed by atoms with Crippen LogP contribution in [-0.4, -0.2) is 38.4 Å². The summed E-state index contributed by atoms with van der Waals surface area (Å²) in [6, 6.07) is 0.621. The summed E-state index contributed by atoms with van der Waals surface area (Å²) in [5.41, 5.74) is 0. The molecule has 0 saturated carbocycles. The molecule has 0 aromatic carbocycles. The Bertz CT molecular complexity index is 124. The Morgan fingerprint density at radius 2 is 2.46 bits per heavy atom. The van der Waals surface area contributed by atoms with Gasteiger partial charge in [0.2, 0.25) is 0 Å². The highest BCUT2D eigenvalue weighted by Crippen LogP contribution is 1.98. The lowest BCUT2D eigenvalue weighted by Crippen LogP contribution is -2.45. The Balaban J connectivity index is 2.03. The number of morpholine rings is 1. The summed E-state index contributed by atoms with van der Waals surface area (Å²) in [7, 11) is 0. The lowest BCUT2D eigenvalue weighted by Gasteiger charge is -2.25. The third kappa shape index (κ3) is 4.60. The monoisotopic (exact) mass is 186 g/mol. The predicted molar refractivity (Wildman–Crippen MR) is 55.0 cm³/mol. The second-order valence-electron chi connectivity index (χ2n) is 3.79. The molecule has 3 nitrogen and oxygen atoms in total. The summed E-state index contributed by atoms with van der Waals surface area (Å²) < 4.78 is 5.58. The van der Waals surface area contributed by atoms with Crippen LogP contribution in [0.25, 0.3) is 0 Å². The van der Waals surface area contributed by atoms with Crippen LogP contribution in [0.2, 0.25) is 0 Å². The van der Waals surface area contributed by atoms with Crippen LogP contribution in [0.5, 0.6) is 0 Å². The van der Waals surface area contributed by atoms with Gasteiger partial charge in [0.25, 0.3) is 0 Å². The first-order chi connectivity index (χ1) is 6.33. The summed E-state index contributed by atoms with van der Waals surface area (Å²) in [4.78, 5) is 0. The fourth-order valence-electron chi connectivity index (χ4n) is 1.62. The van der Waals surface area contributed by atoms with Crippen LogP contribution in [0.3, 0.4) is 0 Å². The molecule has 2 unspecified atom stereocenters. The SMILES string of the molecule is CCCC(C)NCC1CNCCO1. The van der Waals surface area contributed by atoms with Gasteiger partial charge < -0.3 is 15.4 Å². The third-order valence-electron chi connectivity index (χ3n) is 2.42. The molecule has 1 aliphatic heterocycles. The molecule has 0 aromatic rings. The van der Waals surface area contributed by atoms with Gasteiger partial charge in [0.15, 0.2) is 0 Å². The molecule has 1 heterocycles. The number of rotatable bonds is 5. The van der Waals surface area contributed by atoms with Crippen molar-refractivity contribution in [1.29, 1.82) is 0 Å². The van der Waals surface area contributed by atoms with Crippen LogP contribution < -0.4 is 10.6 Å². The van der Waals surface area contributed by atoms with Crippen LogP contribution in [0.15, 0.2) is 0 Å². The van der Waals surface area contributed by atoms with Crippen molar-refractivity contribution in [3.8, 4) is 0 Å². The van der Waals surface area contributed by atoms with Crippen molar-refractivity contribution >= 4 is 0 Å². The maximum absolute atomic E-state index is 5.58. The van der Waals surface area contributed by atoms with Gasteiger partial charge in [0.1, 0.15) is 0 Å². The molecular formula is C10H22N2O. The van der Waals surface area contributed by atoms with Gasteiger partial charge in [0.05, 0.1) is 12.7 Å². The summed E-state index contributed by atoms with van der Waals surface area (Å²) in [5.74, 6) is 0. The van der Waals surface area contributed by atoms with Crippen LogP contribution >= 0.6 is 0 Å². The largest absolute Gasteiger partial charge is 0.374 e. The van der Waals surface area contributed by atoms with Gasteiger partial charge in [-0.05, 0) is 13.3 Å². The average molecular weight is 186 g/mol. The summed E-state index contributed by atoms with van der Waals surface area (Å²) >= 11 is 0. The van der Waals surface area contributed by atoms with E-state index in [1.165, 1.54) is 12.8 Å². The zero-order valence-corrected chi connectivity index (χ0v) is 8.81. The van der Waals surface area contributed by atoms with E-state index in [0.29, 0.717) is 12.1 Å². The maximum atomic E-state index is 5.58. The van der Waals surface area contributed by atoms with Gasteiger partial charge in [0, 0.05) is 25.7 Å². The van der Waals surface area contributed by atoms with E-state index in [1.807, 2.05) is 0 Å². The molecule has 2 N–H and O–H groups in total. The first-order valence-electron chi connectivity index (χ1n) is 5.38. The number of hydrogen-bond donors (Lipinski definition) is 2. The molecule has 13 heavy (non-hydrogen) atoms. The third-order valence-corrected chi connectivity index (χ3v) is 2.42. The number of nitrogens with one attached hydrogen (secondary N) is 2. The Labute approximate surface area is 81.2 Å². The van der Waals surface area contributed by atoms with Crippen molar-refractivity contribution in [2.45, 2.75) is 38.8 Å². The van der Waals surface area contributed by atoms with Crippen molar-refractivity contribution in [3.05, 3.63) is 0 Å². The zero-order chi connectivity index (χ0) is 9.52. The standard InChI is InChI=1S/C10H22N2O/c1-3-4-9(2)12-8-10-7-11-5-6-13-10/h9-12H,3-8H2,1-2H3. The summed E-state index contributed by atoms with van der Waals surface area (Å²) in [5, 5.41) is 6.81. The molecule has 1 aliphatic rings. The van der Waals surface area contributed by atoms with E-state index in [1.54, 1.807) is 0 Å². The fraction of sp³-hybridized carbons (Fsp3) is 1.00. The van der Waals surface area contributed by atoms with Crippen LogP contribution in [0, 0.1) is 0 Å². The molecule has 0 amide bonds. The van der Waals surface area contributed by atoms with Crippen molar-refractivity contribution in [1.82, 2.24) is 10.6 Å². The average Bonchev–Trinajstić information content (AvgIpc) is 2.17. The van der Waals surface area contributed by atoms with E-state index in [0.717, 1.165) is 26.2 Å². The molecule has 1 fully saturated rings. The number of ether oxygens (including phenoxy) is 1. The predicted octanol–water partition coefficient (Wildman–Crippen LogP) is 0.753. The minimum Gasteiger partial charge on any atom is -0.374 e. The van der Waals surface area contributed by atoms with Gasteiger partial charge >= 0.3 is 0 Å². The van der Waals surface area contributed by atoms with E-state index >= 15 is 0 Å². The first kappa shape index (κ1) is 11.0. The lowest BCUT2D eigenvalue weighted by atomic mass is 10.2. The van der Waals surface area contributed by atoms with E-state index in [2.05, 4.69) is 24.5 Å². The summed E-state index contributed by atoms with van der Waals surface area (Å²) in [6.45, 7) is 8.28. The Morgan fingerprint density at radius 3 is 3.08 bits per heavy atom. The lowest BCUT2D eigenvalue weighted by molar-refractivity contribution is 0.0277. The molecular weight excluding hydrogens is 164 g/mol. The second kappa shape index (κ2) is 6.35. The van der Waals surface area contributed by atoms with E-state index in [4.69, 9.17) is 4.74 Å². The minimum absolute atomic E-state index is 0.369. The fourth-order valence-corrected chi connectivity index (χ4v) is 1.62. The smallest absolute Gasteiger partial charge is 0.0824 e. The van der Waals surface area contributed by atoms with E-state index in [9.17, 15) is 0 Å². The van der Waals surface area contributed by atoms with Gasteiger partial charge in [-0.15, -0.1) is 0 Å². The van der Waals surface area contributed by atoms with Gasteiger partial charge in [-0.3, -0.25) is 0 Å². The molecule has 0 spiro atoms. The maximum Gasteiger partial charge on any atom is 0.0824 e. The van der Waals surface area contributed by atoms with E-state index < -0.39 is 0 Å². The Kier molecular flexibility index (Phi) is 5.35. The molecule has 3 heteroatoms. The second-order valence-corrected chi connectivity index (χ2v) is 3.79. The molecule has 0 bridgehead atoms. The molecule has 0 radical (unpaired) electrons. The topological polar surface area (TPSA) is 33.3 Å². The highest BCUT2D eigenvalue weighted by atomic mass is 16.5. The van der Waals surface area contributed by atoms with Crippen LogP contribution in [0.1, 0.15) is 26.7 Å². The molecule has 0 aliphatic carbocycles. The van der Waals surface area contributed by atoms with Gasteiger partial charge in [-0.2, -0.15) is 0 Å². The van der Waals surface area contributed by atoms with Gasteiger partial charge in [-0.25, -0.2) is 0 Å². The van der Waals surface area contributed by atoms with Crippen molar-refractivity contribution in [3.63, 3.8) is 0 Å². The van der Waals surface area contributed by atoms with Crippen LogP contribution in [-0.2, 0) is 4.74 Å². The molecule has 1 saturated heterocycles. The minimum atomic E-state index is 0.369. The summed E-state index contributed by atoms with van der Waals surface area (Å²) in [6.07, 6.45) is 2.87. The first-order valence-corrected chi connectivity index (χ1v) is 5.38. The molecule has 78 valence electrons. The van der Waals surface area contributed by atoms with Crippen molar-refractivity contribution in [2.75, 3.05) is 26.2 Å². The Hall–Kier alpha value is -0.120. The van der Waals surface area contributed by atoms with Crippen molar-refractivity contribution in [2.24, 2.45) is 0 Å². The van der Waals surface area contributed by atoms with Gasteiger partial charge in [-0.1, -0.05) is 13.3 Å². The van der Waals surface area contributed by atoms with E-state index in [-0.39, 0.29) is 0 Å². The molecule has 2 atom stereocenters. The highest BCUT2D eigenvalue weighted by molar-refractivity contribution is 4.71. The van der Waals surface area contributed by atoms with Crippen molar-refractivity contribution < 1.29 is 4.74 Å². The molecule has 1 rings (SSSR count). The van der Waals surface area contributed by atoms with Crippen LogP contribution in [0.4, 0.5) is 0 Å². The molecule has 0 aromatic heterocycles. The quantitative estimate of drug-likeness (QED) is 0.665.